The summed E-state index contributed by atoms with van der Waals surface area (Å²) in [5.41, 5.74) is 10.2. The summed E-state index contributed by atoms with van der Waals surface area (Å²) in [5, 5.41) is 7.62. The van der Waals surface area contributed by atoms with Gasteiger partial charge in [0.2, 0.25) is 0 Å². The molecule has 5 heterocycles. The van der Waals surface area contributed by atoms with Crippen molar-refractivity contribution in [1.29, 1.82) is 0 Å². The van der Waals surface area contributed by atoms with Crippen molar-refractivity contribution in [2.45, 2.75) is 26.3 Å². The van der Waals surface area contributed by atoms with Crippen LogP contribution >= 0.6 is 0 Å². The highest BCUT2D eigenvalue weighted by Crippen LogP contribution is 2.57. The maximum absolute atomic E-state index is 5.39. The molecule has 0 fully saturated rings. The van der Waals surface area contributed by atoms with Crippen LogP contribution in [-0.4, -0.2) is 23.5 Å². The van der Waals surface area contributed by atoms with Gasteiger partial charge in [-0.05, 0) is 61.4 Å². The van der Waals surface area contributed by atoms with Crippen LogP contribution in [0.25, 0.3) is 11.0 Å². The standard InChI is InChI=1S/C33H29N7Si/c1-3-22-20-41(38-27-17-9-6-14-24(27)35-31(38)30(22)34-23-13-5-4-12-21(23)2)39-28-18-10-7-15-25(28)36-32(39)33-37-26-16-8-11-19-29(26)40(33)41/h4-19,22,36-37H,3,20H2,1-2H3. The molecule has 5 aromatic rings. The number of nitrogens with one attached hydrogen (secondary N) is 2. The van der Waals surface area contributed by atoms with Gasteiger partial charge >= 0.3 is 8.56 Å². The monoisotopic (exact) mass is 551 g/mol. The summed E-state index contributed by atoms with van der Waals surface area (Å²) < 4.78 is 7.89. The summed E-state index contributed by atoms with van der Waals surface area (Å²) in [6, 6.07) is 35.4. The van der Waals surface area contributed by atoms with Crippen LogP contribution in [0.3, 0.4) is 0 Å². The van der Waals surface area contributed by atoms with E-state index in [0.29, 0.717) is 0 Å². The van der Waals surface area contributed by atoms with Crippen molar-refractivity contribution < 1.29 is 0 Å². The van der Waals surface area contributed by atoms with Gasteiger partial charge in [0.1, 0.15) is 11.6 Å². The van der Waals surface area contributed by atoms with Crippen molar-refractivity contribution >= 4 is 53.7 Å². The fraction of sp³-hybridized carbons (Fsp3) is 0.152. The summed E-state index contributed by atoms with van der Waals surface area (Å²) in [4.78, 5) is 10.8. The first-order valence-corrected chi connectivity index (χ1v) is 16.4. The Hall–Kier alpha value is -4.82. The van der Waals surface area contributed by atoms with Crippen LogP contribution in [0.15, 0.2) is 114 Å². The normalized spacial score (nSPS) is 20.1. The molecule has 0 aliphatic carbocycles. The lowest BCUT2D eigenvalue weighted by Crippen LogP contribution is -2.69. The predicted molar refractivity (Wildman–Crippen MR) is 169 cm³/mol. The van der Waals surface area contributed by atoms with Gasteiger partial charge in [0.05, 0.1) is 45.2 Å². The van der Waals surface area contributed by atoms with E-state index in [1.165, 1.54) is 16.9 Å². The second-order valence-corrected chi connectivity index (χ2v) is 14.6. The van der Waals surface area contributed by atoms with Crippen LogP contribution in [0.5, 0.6) is 0 Å². The highest BCUT2D eigenvalue weighted by molar-refractivity contribution is 6.89. The number of imidazole rings is 1. The minimum atomic E-state index is -2.83. The molecule has 41 heavy (non-hydrogen) atoms. The molecule has 200 valence electrons. The lowest BCUT2D eigenvalue weighted by molar-refractivity contribution is 0.690. The Morgan fingerprint density at radius 1 is 0.805 bits per heavy atom. The van der Waals surface area contributed by atoms with E-state index in [0.717, 1.165) is 63.7 Å². The molecule has 9 rings (SSSR count). The Balaban J connectivity index is 1.40. The van der Waals surface area contributed by atoms with E-state index in [-0.39, 0.29) is 5.92 Å². The molecule has 8 heteroatoms. The first-order chi connectivity index (χ1) is 20.2. The van der Waals surface area contributed by atoms with E-state index in [9.17, 15) is 0 Å². The lowest BCUT2D eigenvalue weighted by Gasteiger charge is -2.47. The molecule has 1 spiro atoms. The Bertz CT molecular complexity index is 1910. The second-order valence-electron chi connectivity index (χ2n) is 11.3. The number of para-hydroxylation sites is 7. The maximum atomic E-state index is 5.39. The number of aromatic nitrogens is 2. The van der Waals surface area contributed by atoms with E-state index >= 15 is 0 Å². The highest BCUT2D eigenvalue weighted by atomic mass is 28.4. The van der Waals surface area contributed by atoms with E-state index in [4.69, 9.17) is 9.98 Å². The van der Waals surface area contributed by atoms with Gasteiger partial charge in [0, 0.05) is 12.0 Å². The topological polar surface area (TPSA) is 60.7 Å². The number of rotatable bonds is 2. The van der Waals surface area contributed by atoms with Crippen LogP contribution in [0.2, 0.25) is 6.04 Å². The average Bonchev–Trinajstić information content (AvgIpc) is 3.74. The molecular weight excluding hydrogens is 522 g/mol. The minimum Gasteiger partial charge on any atom is -0.337 e. The molecule has 7 nitrogen and oxygen atoms in total. The third kappa shape index (κ3) is 2.87. The predicted octanol–water partition coefficient (Wildman–Crippen LogP) is 7.30. The molecule has 2 N–H and O–H groups in total. The van der Waals surface area contributed by atoms with Gasteiger partial charge in [-0.25, -0.2) is 9.98 Å². The number of nitrogens with zero attached hydrogens (tertiary/aromatic N) is 5. The Morgan fingerprint density at radius 3 is 2.10 bits per heavy atom. The quantitative estimate of drug-likeness (QED) is 0.226. The first-order valence-electron chi connectivity index (χ1n) is 14.4. The van der Waals surface area contributed by atoms with Gasteiger partial charge in [0.25, 0.3) is 0 Å². The maximum Gasteiger partial charge on any atom is 0.398 e. The zero-order valence-electron chi connectivity index (χ0n) is 23.0. The Kier molecular flexibility index (Phi) is 4.54. The summed E-state index contributed by atoms with van der Waals surface area (Å²) >= 11 is 0. The Morgan fingerprint density at radius 2 is 1.41 bits per heavy atom. The minimum absolute atomic E-state index is 0.242. The number of benzene rings is 4. The number of fused-ring (bicyclic) bond motifs is 12. The summed E-state index contributed by atoms with van der Waals surface area (Å²) in [7, 11) is -2.83. The molecule has 1 unspecified atom stereocenters. The van der Waals surface area contributed by atoms with Crippen LogP contribution in [0, 0.1) is 12.8 Å². The van der Waals surface area contributed by atoms with Crippen molar-refractivity contribution in [3.63, 3.8) is 0 Å². The first kappa shape index (κ1) is 22.9. The molecule has 1 atom stereocenters. The Labute approximate surface area is 239 Å². The molecule has 4 aromatic carbocycles. The zero-order chi connectivity index (χ0) is 27.3. The van der Waals surface area contributed by atoms with Crippen LogP contribution in [-0.2, 0) is 0 Å². The fourth-order valence-electron chi connectivity index (χ4n) is 7.27. The summed E-state index contributed by atoms with van der Waals surface area (Å²) in [6.45, 7) is 4.44. The molecular formula is C33H29N7Si. The van der Waals surface area contributed by atoms with Gasteiger partial charge in [0.15, 0.2) is 5.82 Å². The van der Waals surface area contributed by atoms with Crippen LogP contribution in [0.4, 0.5) is 28.4 Å². The molecule has 0 saturated heterocycles. The van der Waals surface area contributed by atoms with E-state index < -0.39 is 8.56 Å². The summed E-state index contributed by atoms with van der Waals surface area (Å²) in [6.07, 6.45) is 0.985. The smallest absolute Gasteiger partial charge is 0.337 e. The molecule has 1 aromatic heterocycles. The molecule has 0 bridgehead atoms. The lowest BCUT2D eigenvalue weighted by atomic mass is 10.0. The van der Waals surface area contributed by atoms with Crippen molar-refractivity contribution in [1.82, 2.24) is 9.22 Å². The number of hydrogen-bond acceptors (Lipinski definition) is 6. The molecule has 0 saturated carbocycles. The third-order valence-electron chi connectivity index (χ3n) is 9.09. The number of aliphatic imine (C=N–C) groups is 1. The average molecular weight is 552 g/mol. The van der Waals surface area contributed by atoms with E-state index in [1.54, 1.807) is 0 Å². The van der Waals surface area contributed by atoms with Gasteiger partial charge in [-0.2, -0.15) is 0 Å². The van der Waals surface area contributed by atoms with Crippen molar-refractivity contribution in [2.75, 3.05) is 19.8 Å². The van der Waals surface area contributed by atoms with Gasteiger partial charge < -0.3 is 24.0 Å². The molecule has 0 amide bonds. The van der Waals surface area contributed by atoms with Gasteiger partial charge in [-0.3, -0.25) is 0 Å². The third-order valence-corrected chi connectivity index (χ3v) is 13.7. The molecule has 4 aliphatic heterocycles. The van der Waals surface area contributed by atoms with E-state index in [2.05, 4.69) is 135 Å². The van der Waals surface area contributed by atoms with Crippen molar-refractivity contribution in [3.05, 3.63) is 120 Å². The van der Waals surface area contributed by atoms with Crippen molar-refractivity contribution in [2.24, 2.45) is 10.9 Å². The zero-order valence-corrected chi connectivity index (χ0v) is 24.0. The van der Waals surface area contributed by atoms with Gasteiger partial charge in [-0.1, -0.05) is 61.5 Å². The largest absolute Gasteiger partial charge is 0.398 e. The molecule has 4 aliphatic rings. The number of aryl methyl sites for hydroxylation is 1. The number of anilines is 4. The summed E-state index contributed by atoms with van der Waals surface area (Å²) in [5.74, 6) is 3.50. The van der Waals surface area contributed by atoms with Gasteiger partial charge in [-0.15, -0.1) is 0 Å². The second kappa shape index (κ2) is 8.11. The van der Waals surface area contributed by atoms with Crippen molar-refractivity contribution in [3.8, 4) is 0 Å². The SMILES string of the molecule is CCC1C[Si]2(N3C(=C4Nc5ccccc5N42)Nc2ccccc23)n2c(nc3ccccc32)C1=Nc1ccccc1C. The highest BCUT2D eigenvalue weighted by Gasteiger charge is 2.66. The number of hydrogen-bond donors (Lipinski definition) is 2. The van der Waals surface area contributed by atoms with Crippen LogP contribution in [0.1, 0.15) is 24.7 Å². The van der Waals surface area contributed by atoms with Crippen LogP contribution < -0.4 is 19.8 Å². The molecule has 0 radical (unpaired) electrons. The fourth-order valence-corrected chi connectivity index (χ4v) is 12.8. The van der Waals surface area contributed by atoms with E-state index in [1.807, 2.05) is 0 Å².